The van der Waals surface area contributed by atoms with Gasteiger partial charge in [-0.05, 0) is 50.9 Å². The van der Waals surface area contributed by atoms with E-state index in [1.165, 1.54) is 25.0 Å². The van der Waals surface area contributed by atoms with Crippen molar-refractivity contribution >= 4 is 0 Å². The van der Waals surface area contributed by atoms with E-state index in [2.05, 4.69) is 37.8 Å². The van der Waals surface area contributed by atoms with Gasteiger partial charge in [0.15, 0.2) is 0 Å². The molecule has 0 unspecified atom stereocenters. The summed E-state index contributed by atoms with van der Waals surface area (Å²) in [6.45, 7) is 4.83. The van der Waals surface area contributed by atoms with Crippen molar-refractivity contribution in [3.8, 4) is 11.6 Å². The molecule has 4 rings (SSSR count). The number of aromatic nitrogens is 5. The topological polar surface area (TPSA) is 64.9 Å². The van der Waals surface area contributed by atoms with Crippen molar-refractivity contribution in [2.24, 2.45) is 7.05 Å². The smallest absolute Gasteiger partial charge is 0.264 e. The minimum atomic E-state index is 0.542. The number of rotatable bonds is 6. The molecule has 0 aromatic carbocycles. The van der Waals surface area contributed by atoms with Crippen LogP contribution in [-0.4, -0.2) is 42.0 Å². The van der Waals surface area contributed by atoms with E-state index in [1.807, 2.05) is 36.3 Å². The highest BCUT2D eigenvalue weighted by Gasteiger charge is 2.24. The molecule has 0 spiro atoms. The van der Waals surface area contributed by atoms with E-state index in [1.54, 1.807) is 0 Å². The molecule has 3 aromatic heterocycles. The van der Waals surface area contributed by atoms with Gasteiger partial charge in [-0.1, -0.05) is 6.42 Å². The van der Waals surface area contributed by atoms with Crippen molar-refractivity contribution in [3.63, 3.8) is 0 Å². The third-order valence-corrected chi connectivity index (χ3v) is 5.40. The van der Waals surface area contributed by atoms with Gasteiger partial charge in [-0.3, -0.25) is 9.58 Å². The highest BCUT2D eigenvalue weighted by molar-refractivity contribution is 5.48. The van der Waals surface area contributed by atoms with Crippen molar-refractivity contribution < 1.29 is 4.42 Å². The van der Waals surface area contributed by atoms with Crippen LogP contribution in [0.5, 0.6) is 0 Å². The number of aryl methyl sites for hydroxylation is 2. The molecular formula is C19H26N6O. The highest BCUT2D eigenvalue weighted by atomic mass is 16.4. The summed E-state index contributed by atoms with van der Waals surface area (Å²) in [5, 5.41) is 12.9. The largest absolute Gasteiger partial charge is 0.418 e. The molecule has 3 aromatic rings. The van der Waals surface area contributed by atoms with Crippen LogP contribution in [-0.2, 0) is 20.1 Å². The summed E-state index contributed by atoms with van der Waals surface area (Å²) in [4.78, 5) is 2.49. The van der Waals surface area contributed by atoms with E-state index in [9.17, 15) is 0 Å². The summed E-state index contributed by atoms with van der Waals surface area (Å²) in [6.07, 6.45) is 8.70. The Balaban J connectivity index is 1.42. The van der Waals surface area contributed by atoms with Gasteiger partial charge in [0.25, 0.3) is 5.89 Å². The van der Waals surface area contributed by atoms with Crippen LogP contribution in [0.4, 0.5) is 0 Å². The average Bonchev–Trinajstić information content (AvgIpc) is 3.38. The average molecular weight is 354 g/mol. The fourth-order valence-corrected chi connectivity index (χ4v) is 3.73. The summed E-state index contributed by atoms with van der Waals surface area (Å²) in [5.74, 6) is 1.30. The van der Waals surface area contributed by atoms with Crippen LogP contribution in [0, 0.1) is 6.92 Å². The second-order valence-electron chi connectivity index (χ2n) is 7.10. The number of nitrogens with zero attached hydrogens (tertiary/aromatic N) is 6. The molecular weight excluding hydrogens is 328 g/mol. The molecule has 7 heteroatoms. The molecule has 0 bridgehead atoms. The molecule has 0 amide bonds. The van der Waals surface area contributed by atoms with Gasteiger partial charge in [0, 0.05) is 37.7 Å². The van der Waals surface area contributed by atoms with Crippen LogP contribution in [0.25, 0.3) is 11.6 Å². The fraction of sp³-hybridized carbons (Fsp3) is 0.526. The second kappa shape index (κ2) is 7.45. The summed E-state index contributed by atoms with van der Waals surface area (Å²) >= 11 is 0. The Morgan fingerprint density at radius 1 is 1.23 bits per heavy atom. The zero-order valence-corrected chi connectivity index (χ0v) is 15.5. The number of likely N-dealkylation sites (tertiary alicyclic amines) is 1. The predicted octanol–water partition coefficient (Wildman–Crippen LogP) is 3.02. The van der Waals surface area contributed by atoms with E-state index in [4.69, 9.17) is 4.42 Å². The molecule has 1 aliphatic heterocycles. The molecule has 138 valence electrons. The Bertz CT molecular complexity index is 834. The lowest BCUT2D eigenvalue weighted by Gasteiger charge is -2.34. The maximum absolute atomic E-state index is 5.96. The van der Waals surface area contributed by atoms with Gasteiger partial charge in [-0.15, -0.1) is 10.2 Å². The van der Waals surface area contributed by atoms with Gasteiger partial charge in [-0.25, -0.2) is 0 Å². The highest BCUT2D eigenvalue weighted by Crippen LogP contribution is 2.24. The van der Waals surface area contributed by atoms with Crippen LogP contribution < -0.4 is 0 Å². The molecule has 4 heterocycles. The first-order valence-corrected chi connectivity index (χ1v) is 9.37. The van der Waals surface area contributed by atoms with E-state index in [0.717, 1.165) is 31.7 Å². The predicted molar refractivity (Wildman–Crippen MR) is 98.3 cm³/mol. The quantitative estimate of drug-likeness (QED) is 0.681. The molecule has 1 saturated heterocycles. The number of hydrogen-bond acceptors (Lipinski definition) is 5. The minimum absolute atomic E-state index is 0.542. The first-order valence-electron chi connectivity index (χ1n) is 9.37. The lowest BCUT2D eigenvalue weighted by atomic mass is 9.99. The summed E-state index contributed by atoms with van der Waals surface area (Å²) in [5.41, 5.74) is 2.14. The Labute approximate surface area is 153 Å². The van der Waals surface area contributed by atoms with Crippen LogP contribution >= 0.6 is 0 Å². The zero-order chi connectivity index (χ0) is 17.9. The van der Waals surface area contributed by atoms with E-state index in [0.29, 0.717) is 17.8 Å². The van der Waals surface area contributed by atoms with Gasteiger partial charge in [0.05, 0.1) is 6.54 Å². The number of hydrogen-bond donors (Lipinski definition) is 0. The molecule has 1 atom stereocenters. The SMILES string of the molecule is Cc1ccc(-c2nnc(CN3CCCC[C@@H]3CCn3cccn3)o2)n1C. The minimum Gasteiger partial charge on any atom is -0.418 e. The van der Waals surface area contributed by atoms with E-state index < -0.39 is 0 Å². The molecule has 26 heavy (non-hydrogen) atoms. The van der Waals surface area contributed by atoms with Crippen molar-refractivity contribution in [1.82, 2.24) is 29.4 Å². The molecule has 7 nitrogen and oxygen atoms in total. The number of piperidine rings is 1. The third kappa shape index (κ3) is 3.58. The molecule has 0 aliphatic carbocycles. The van der Waals surface area contributed by atoms with Crippen molar-refractivity contribution in [2.45, 2.75) is 51.7 Å². The fourth-order valence-electron chi connectivity index (χ4n) is 3.73. The van der Waals surface area contributed by atoms with Gasteiger partial charge in [-0.2, -0.15) is 5.10 Å². The summed E-state index contributed by atoms with van der Waals surface area (Å²) < 4.78 is 10.0. The van der Waals surface area contributed by atoms with Gasteiger partial charge >= 0.3 is 0 Å². The molecule has 1 aliphatic rings. The van der Waals surface area contributed by atoms with Gasteiger partial charge in [0.1, 0.15) is 5.69 Å². The molecule has 1 fully saturated rings. The Morgan fingerprint density at radius 3 is 2.92 bits per heavy atom. The third-order valence-electron chi connectivity index (χ3n) is 5.40. The first-order chi connectivity index (χ1) is 12.7. The zero-order valence-electron chi connectivity index (χ0n) is 15.5. The van der Waals surface area contributed by atoms with Crippen LogP contribution in [0.15, 0.2) is 35.0 Å². The second-order valence-corrected chi connectivity index (χ2v) is 7.10. The van der Waals surface area contributed by atoms with Crippen molar-refractivity contribution in [2.75, 3.05) is 6.54 Å². The Morgan fingerprint density at radius 2 is 2.15 bits per heavy atom. The Kier molecular flexibility index (Phi) is 4.88. The van der Waals surface area contributed by atoms with Gasteiger partial charge < -0.3 is 8.98 Å². The normalized spacial score (nSPS) is 18.5. The van der Waals surface area contributed by atoms with Crippen LogP contribution in [0.1, 0.15) is 37.3 Å². The van der Waals surface area contributed by atoms with Gasteiger partial charge in [0.2, 0.25) is 5.89 Å². The maximum Gasteiger partial charge on any atom is 0.264 e. The first kappa shape index (κ1) is 17.0. The Hall–Kier alpha value is -2.41. The van der Waals surface area contributed by atoms with E-state index in [-0.39, 0.29) is 0 Å². The summed E-state index contributed by atoms with van der Waals surface area (Å²) in [6, 6.07) is 6.61. The van der Waals surface area contributed by atoms with E-state index >= 15 is 0 Å². The molecule has 0 saturated carbocycles. The van der Waals surface area contributed by atoms with Crippen LogP contribution in [0.3, 0.4) is 0 Å². The maximum atomic E-state index is 5.96. The van der Waals surface area contributed by atoms with Crippen LogP contribution in [0.2, 0.25) is 0 Å². The standard InChI is InChI=1S/C19H26N6O/c1-15-7-8-17(23(15)2)19-22-21-18(26-19)14-24-11-4-3-6-16(24)9-13-25-12-5-10-20-25/h5,7-8,10,12,16H,3-4,6,9,11,13-14H2,1-2H3/t16-/m1/s1. The molecule has 0 N–H and O–H groups in total. The lowest BCUT2D eigenvalue weighted by molar-refractivity contribution is 0.116. The summed E-state index contributed by atoms with van der Waals surface area (Å²) in [7, 11) is 2.02. The molecule has 0 radical (unpaired) electrons. The monoisotopic (exact) mass is 354 g/mol. The van der Waals surface area contributed by atoms with Crippen molar-refractivity contribution in [1.29, 1.82) is 0 Å². The lowest BCUT2D eigenvalue weighted by Crippen LogP contribution is -2.39. The van der Waals surface area contributed by atoms with Crippen molar-refractivity contribution in [3.05, 3.63) is 42.2 Å².